The van der Waals surface area contributed by atoms with Crippen LogP contribution in [-0.4, -0.2) is 39.6 Å². The number of urea groups is 1. The van der Waals surface area contributed by atoms with Crippen molar-refractivity contribution in [1.29, 1.82) is 5.41 Å². The molecule has 5 N–H and O–H groups in total. The van der Waals surface area contributed by atoms with Gasteiger partial charge in [0.2, 0.25) is 0 Å². The number of halogens is 3. The van der Waals surface area contributed by atoms with Crippen molar-refractivity contribution in [3.8, 4) is 11.3 Å². The van der Waals surface area contributed by atoms with Gasteiger partial charge in [0.05, 0.1) is 18.1 Å². The predicted molar refractivity (Wildman–Crippen MR) is 102 cm³/mol. The molecule has 2 amide bonds. The highest BCUT2D eigenvalue weighted by Crippen LogP contribution is 2.24. The van der Waals surface area contributed by atoms with Crippen molar-refractivity contribution in [3.63, 3.8) is 0 Å². The van der Waals surface area contributed by atoms with E-state index in [0.29, 0.717) is 33.7 Å². The summed E-state index contributed by atoms with van der Waals surface area (Å²) in [5.74, 6) is 0. The second-order valence-electron chi connectivity index (χ2n) is 5.93. The van der Waals surface area contributed by atoms with E-state index in [2.05, 4.69) is 15.4 Å². The molecule has 0 saturated heterocycles. The van der Waals surface area contributed by atoms with E-state index in [4.69, 9.17) is 11.1 Å². The van der Waals surface area contributed by atoms with Gasteiger partial charge in [-0.3, -0.25) is 0 Å². The maximum absolute atomic E-state index is 12.2. The van der Waals surface area contributed by atoms with Crippen molar-refractivity contribution in [2.24, 2.45) is 5.73 Å². The molecule has 2 aromatic heterocycles. The molecular weight excluding hydrogens is 387 g/mol. The van der Waals surface area contributed by atoms with Crippen molar-refractivity contribution in [1.82, 2.24) is 19.9 Å². The molecule has 0 aliphatic heterocycles. The number of aromatic nitrogens is 3. The van der Waals surface area contributed by atoms with Crippen LogP contribution >= 0.6 is 0 Å². The van der Waals surface area contributed by atoms with Gasteiger partial charge in [0.15, 0.2) is 5.65 Å². The van der Waals surface area contributed by atoms with Gasteiger partial charge in [-0.25, -0.2) is 14.3 Å². The highest BCUT2D eigenvalue weighted by Gasteiger charge is 2.27. The third kappa shape index (κ3) is 4.69. The van der Waals surface area contributed by atoms with Crippen molar-refractivity contribution < 1.29 is 18.0 Å². The first-order valence-electron chi connectivity index (χ1n) is 8.29. The number of fused-ring (bicyclic) bond motifs is 1. The molecule has 0 aliphatic rings. The fourth-order valence-corrected chi connectivity index (χ4v) is 2.57. The highest BCUT2D eigenvalue weighted by molar-refractivity contribution is 6.08. The minimum Gasteiger partial charge on any atom is -0.404 e. The number of alkyl halides is 3. The number of nitrogens with two attached hydrogens (primary N) is 1. The molecule has 0 fully saturated rings. The Balaban J connectivity index is 1.84. The molecule has 0 bridgehead atoms. The summed E-state index contributed by atoms with van der Waals surface area (Å²) in [6.07, 6.45) is 1.02. The molecule has 150 valence electrons. The molecule has 2 heterocycles. The monoisotopic (exact) mass is 403 g/mol. The van der Waals surface area contributed by atoms with E-state index >= 15 is 0 Å². The van der Waals surface area contributed by atoms with E-state index in [9.17, 15) is 18.0 Å². The fourth-order valence-electron chi connectivity index (χ4n) is 2.57. The van der Waals surface area contributed by atoms with Crippen LogP contribution in [0.25, 0.3) is 22.5 Å². The number of hydrogen-bond donors (Lipinski definition) is 4. The van der Waals surface area contributed by atoms with Gasteiger partial charge in [-0.2, -0.15) is 18.3 Å². The zero-order valence-electron chi connectivity index (χ0n) is 14.9. The van der Waals surface area contributed by atoms with Crippen molar-refractivity contribution in [2.75, 3.05) is 11.9 Å². The molecule has 8 nitrogen and oxygen atoms in total. The molecule has 0 radical (unpaired) electrons. The van der Waals surface area contributed by atoms with Gasteiger partial charge in [0.25, 0.3) is 0 Å². The number of carbonyl (C=O) groups excluding carboxylic acids is 1. The quantitative estimate of drug-likeness (QED) is 0.489. The number of hydrogen-bond acceptors (Lipinski definition) is 5. The zero-order chi connectivity index (χ0) is 21.0. The van der Waals surface area contributed by atoms with Gasteiger partial charge in [0, 0.05) is 34.8 Å². The minimum atomic E-state index is -4.49. The number of rotatable bonds is 5. The van der Waals surface area contributed by atoms with Crippen LogP contribution in [0.1, 0.15) is 5.56 Å². The Morgan fingerprint density at radius 2 is 2.07 bits per heavy atom. The molecule has 3 rings (SSSR count). The third-order valence-corrected chi connectivity index (χ3v) is 3.90. The number of nitrogens with zero attached hydrogens (tertiary/aromatic N) is 3. The van der Waals surface area contributed by atoms with Gasteiger partial charge in [0.1, 0.15) is 6.54 Å². The van der Waals surface area contributed by atoms with Crippen molar-refractivity contribution in [3.05, 3.63) is 54.5 Å². The van der Waals surface area contributed by atoms with Crippen LogP contribution in [-0.2, 0) is 0 Å². The number of anilines is 1. The smallest absolute Gasteiger partial charge is 0.404 e. The van der Waals surface area contributed by atoms with Crippen LogP contribution in [0.2, 0.25) is 0 Å². The summed E-state index contributed by atoms with van der Waals surface area (Å²) in [6.45, 7) is -1.42. The molecule has 1 aromatic carbocycles. The Kier molecular flexibility index (Phi) is 5.48. The number of imidazole rings is 1. The Labute approximate surface area is 162 Å². The first kappa shape index (κ1) is 19.9. The van der Waals surface area contributed by atoms with Crippen LogP contribution in [0.4, 0.5) is 23.7 Å². The lowest BCUT2D eigenvalue weighted by atomic mass is 10.1. The molecule has 3 aromatic rings. The Hall–Kier alpha value is -3.89. The highest BCUT2D eigenvalue weighted by atomic mass is 19.4. The Bertz CT molecular complexity index is 1090. The number of amides is 2. The van der Waals surface area contributed by atoms with Crippen LogP contribution in [0.15, 0.2) is 48.9 Å². The first-order chi connectivity index (χ1) is 13.8. The molecule has 0 atom stereocenters. The Morgan fingerprint density at radius 3 is 2.76 bits per heavy atom. The largest absolute Gasteiger partial charge is 0.405 e. The average molecular weight is 403 g/mol. The molecule has 0 saturated carbocycles. The summed E-state index contributed by atoms with van der Waals surface area (Å²) < 4.78 is 38.1. The van der Waals surface area contributed by atoms with Gasteiger partial charge in [-0.1, -0.05) is 12.1 Å². The molecule has 11 heteroatoms. The summed E-state index contributed by atoms with van der Waals surface area (Å²) in [5, 5.41) is 15.8. The number of carbonyl (C=O) groups is 1. The minimum absolute atomic E-state index is 0.311. The van der Waals surface area contributed by atoms with Crippen molar-refractivity contribution in [2.45, 2.75) is 6.18 Å². The third-order valence-electron chi connectivity index (χ3n) is 3.90. The van der Waals surface area contributed by atoms with Crippen LogP contribution in [0, 0.1) is 5.41 Å². The normalized spacial score (nSPS) is 12.0. The topological polar surface area (TPSA) is 121 Å². The Morgan fingerprint density at radius 1 is 1.28 bits per heavy atom. The van der Waals surface area contributed by atoms with Gasteiger partial charge in [-0.15, -0.1) is 0 Å². The molecule has 0 spiro atoms. The van der Waals surface area contributed by atoms with E-state index < -0.39 is 18.8 Å². The fraction of sp³-hybridized carbons (Fsp3) is 0.111. The predicted octanol–water partition coefficient (Wildman–Crippen LogP) is 3.03. The summed E-state index contributed by atoms with van der Waals surface area (Å²) >= 11 is 0. The van der Waals surface area contributed by atoms with Gasteiger partial charge in [-0.05, 0) is 18.2 Å². The van der Waals surface area contributed by atoms with E-state index in [0.717, 1.165) is 6.21 Å². The van der Waals surface area contributed by atoms with E-state index in [-0.39, 0.29) is 0 Å². The SMILES string of the molecule is N=C/C(=C\N)c1cnn2c(-c3cccc(NC(=O)NCC(F)(F)F)c3)cnc2c1. The molecular formula is C18H16F3N7O. The summed E-state index contributed by atoms with van der Waals surface area (Å²) in [5.41, 5.74) is 8.68. The maximum atomic E-state index is 12.2. The summed E-state index contributed by atoms with van der Waals surface area (Å²) in [7, 11) is 0. The summed E-state index contributed by atoms with van der Waals surface area (Å²) in [6, 6.07) is 7.29. The van der Waals surface area contributed by atoms with E-state index in [1.54, 1.807) is 46.4 Å². The molecule has 29 heavy (non-hydrogen) atoms. The van der Waals surface area contributed by atoms with E-state index in [1.165, 1.54) is 12.4 Å². The molecule has 0 aliphatic carbocycles. The maximum Gasteiger partial charge on any atom is 0.405 e. The zero-order valence-corrected chi connectivity index (χ0v) is 14.9. The lowest BCUT2D eigenvalue weighted by Crippen LogP contribution is -2.36. The lowest BCUT2D eigenvalue weighted by Gasteiger charge is -2.10. The number of allylic oxidation sites excluding steroid dienone is 1. The van der Waals surface area contributed by atoms with Crippen LogP contribution in [0.5, 0.6) is 0 Å². The second kappa shape index (κ2) is 8.00. The van der Waals surface area contributed by atoms with Crippen LogP contribution in [0.3, 0.4) is 0 Å². The van der Waals surface area contributed by atoms with Crippen LogP contribution < -0.4 is 16.4 Å². The standard InChI is InChI=1S/C18H16F3N7O/c19-18(20,21)10-25-17(29)27-14-3-1-2-11(4-14)15-9-24-16-5-12(8-26-28(15)16)13(6-22)7-23/h1-9,22H,10,23H2,(H2,25,27,29)/b13-7+,22-6?. The summed E-state index contributed by atoms with van der Waals surface area (Å²) in [4.78, 5) is 15.9. The number of nitrogens with one attached hydrogen (secondary N) is 3. The second-order valence-corrected chi connectivity index (χ2v) is 5.93. The number of benzene rings is 1. The molecule has 0 unspecified atom stereocenters. The first-order valence-corrected chi connectivity index (χ1v) is 8.29. The van der Waals surface area contributed by atoms with Crippen molar-refractivity contribution >= 4 is 29.2 Å². The average Bonchev–Trinajstić information content (AvgIpc) is 3.10. The van der Waals surface area contributed by atoms with Gasteiger partial charge < -0.3 is 21.8 Å². The lowest BCUT2D eigenvalue weighted by molar-refractivity contribution is -0.122. The van der Waals surface area contributed by atoms with E-state index in [1.807, 2.05) is 0 Å². The van der Waals surface area contributed by atoms with Gasteiger partial charge >= 0.3 is 12.2 Å².